The van der Waals surface area contributed by atoms with E-state index in [1.54, 1.807) is 0 Å². The van der Waals surface area contributed by atoms with Crippen LogP contribution in [0.2, 0.25) is 0 Å². The summed E-state index contributed by atoms with van der Waals surface area (Å²) in [5, 5.41) is 14.5. The van der Waals surface area contributed by atoms with Crippen molar-refractivity contribution in [3.63, 3.8) is 0 Å². The molecular weight excluding hydrogens is 163 g/mol. The van der Waals surface area contributed by atoms with Gasteiger partial charge in [0.2, 0.25) is 0 Å². The molecule has 0 fully saturated rings. The molecule has 2 nitrogen and oxygen atoms in total. The normalized spacial score (nSPS) is 1.67. The smallest absolute Gasteiger partial charge is 0.181 e. The van der Waals surface area contributed by atoms with Gasteiger partial charge in [-0.15, -0.1) is 0 Å². The Morgan fingerprint density at radius 3 is 1.17 bits per heavy atom. The SMILES string of the molecule is N#CC#N.[Cu].[Ti]. The Morgan fingerprint density at radius 2 is 1.17 bits per heavy atom. The molecule has 0 aromatic carbocycles. The molecule has 0 aliphatic rings. The van der Waals surface area contributed by atoms with Crippen LogP contribution in [0.1, 0.15) is 0 Å². The summed E-state index contributed by atoms with van der Waals surface area (Å²) in [5.41, 5.74) is 0. The summed E-state index contributed by atoms with van der Waals surface area (Å²) in [4.78, 5) is 0. The van der Waals surface area contributed by atoms with Gasteiger partial charge in [0.25, 0.3) is 0 Å². The van der Waals surface area contributed by atoms with Crippen LogP contribution in [0.25, 0.3) is 0 Å². The van der Waals surface area contributed by atoms with Gasteiger partial charge in [-0.25, -0.2) is 0 Å². The maximum atomic E-state index is 7.26. The first-order chi connectivity index (χ1) is 1.91. The van der Waals surface area contributed by atoms with Crippen molar-refractivity contribution in [2.45, 2.75) is 0 Å². The van der Waals surface area contributed by atoms with Crippen molar-refractivity contribution in [3.05, 3.63) is 0 Å². The van der Waals surface area contributed by atoms with Crippen molar-refractivity contribution in [1.82, 2.24) is 0 Å². The van der Waals surface area contributed by atoms with Gasteiger partial charge < -0.3 is 0 Å². The average Bonchev–Trinajstić information content (AvgIpc) is 1.37. The van der Waals surface area contributed by atoms with Crippen LogP contribution in [-0.2, 0) is 38.8 Å². The molecule has 1 radical (unpaired) electrons. The zero-order valence-corrected chi connectivity index (χ0v) is 5.20. The molecule has 33 valence electrons. The second-order valence-corrected chi connectivity index (χ2v) is 0.224. The maximum absolute atomic E-state index is 7.26. The molecular formula is C2CuN2Ti. The van der Waals surface area contributed by atoms with Gasteiger partial charge in [0.1, 0.15) is 0 Å². The Morgan fingerprint density at radius 1 is 1.00 bits per heavy atom. The fourth-order valence-electron chi connectivity index (χ4n) is 0. The summed E-state index contributed by atoms with van der Waals surface area (Å²) in [6, 6.07) is 2.47. The maximum Gasteiger partial charge on any atom is 0.181 e. The summed E-state index contributed by atoms with van der Waals surface area (Å²) in [6.07, 6.45) is 0. The molecule has 0 N–H and O–H groups in total. The number of hydrogen-bond acceptors (Lipinski definition) is 2. The van der Waals surface area contributed by atoms with Crippen molar-refractivity contribution in [1.29, 1.82) is 10.5 Å². The number of nitriles is 2. The molecule has 0 aromatic rings. The van der Waals surface area contributed by atoms with E-state index in [2.05, 4.69) is 0 Å². The zero-order valence-electron chi connectivity index (χ0n) is 2.70. The number of rotatable bonds is 0. The van der Waals surface area contributed by atoms with Crippen molar-refractivity contribution in [2.24, 2.45) is 0 Å². The third-order valence-corrected chi connectivity index (χ3v) is 0.0500. The van der Waals surface area contributed by atoms with E-state index in [0.29, 0.717) is 0 Å². The molecule has 0 heterocycles. The first-order valence-corrected chi connectivity index (χ1v) is 0.697. The van der Waals surface area contributed by atoms with Gasteiger partial charge in [0.05, 0.1) is 0 Å². The number of hydrogen-bond donors (Lipinski definition) is 0. The molecule has 0 amide bonds. The first-order valence-electron chi connectivity index (χ1n) is 0.697. The molecule has 4 heteroatoms. The van der Waals surface area contributed by atoms with Gasteiger partial charge in [-0.2, -0.15) is 10.5 Å². The van der Waals surface area contributed by atoms with Crippen LogP contribution in [0.5, 0.6) is 0 Å². The molecule has 0 aliphatic carbocycles. The fraction of sp³-hybridized carbons (Fsp3) is 0. The second kappa shape index (κ2) is 18.9. The van der Waals surface area contributed by atoms with E-state index in [-0.39, 0.29) is 38.8 Å². The van der Waals surface area contributed by atoms with Crippen molar-refractivity contribution in [2.75, 3.05) is 0 Å². The predicted molar refractivity (Wildman–Crippen MR) is 11.2 cm³/mol. The van der Waals surface area contributed by atoms with Crippen molar-refractivity contribution < 1.29 is 38.8 Å². The Hall–Kier alpha value is 0.214. The van der Waals surface area contributed by atoms with Crippen LogP contribution >= 0.6 is 0 Å². The van der Waals surface area contributed by atoms with Crippen LogP contribution in [0, 0.1) is 22.7 Å². The molecule has 0 saturated carbocycles. The van der Waals surface area contributed by atoms with Crippen LogP contribution in [-0.4, -0.2) is 0 Å². The second-order valence-electron chi connectivity index (χ2n) is 0.224. The third-order valence-electron chi connectivity index (χ3n) is 0.0500. The quantitative estimate of drug-likeness (QED) is 0.473. The van der Waals surface area contributed by atoms with E-state index in [1.807, 2.05) is 0 Å². The molecule has 0 aliphatic heterocycles. The van der Waals surface area contributed by atoms with Crippen molar-refractivity contribution in [3.8, 4) is 12.1 Å². The van der Waals surface area contributed by atoms with Crippen LogP contribution in [0.4, 0.5) is 0 Å². The van der Waals surface area contributed by atoms with Gasteiger partial charge in [0, 0.05) is 38.8 Å². The zero-order chi connectivity index (χ0) is 3.41. The number of nitrogens with zero attached hydrogens (tertiary/aromatic N) is 2. The molecule has 0 bridgehead atoms. The summed E-state index contributed by atoms with van der Waals surface area (Å²) in [6.45, 7) is 0. The predicted octanol–water partition coefficient (Wildman–Crippen LogP) is 0.0286. The molecule has 0 atom stereocenters. The van der Waals surface area contributed by atoms with Gasteiger partial charge in [0.15, 0.2) is 12.1 Å². The fourth-order valence-corrected chi connectivity index (χ4v) is 0. The van der Waals surface area contributed by atoms with Gasteiger partial charge in [-0.3, -0.25) is 0 Å². The molecule has 0 unspecified atom stereocenters. The van der Waals surface area contributed by atoms with E-state index in [1.165, 1.54) is 12.1 Å². The largest absolute Gasteiger partial charge is 0.181 e. The molecule has 0 rings (SSSR count). The monoisotopic (exact) mass is 163 g/mol. The molecule has 0 aromatic heterocycles. The Kier molecular flexibility index (Phi) is 51.5. The third kappa shape index (κ3) is 29.5. The van der Waals surface area contributed by atoms with Crippen LogP contribution in [0.3, 0.4) is 0 Å². The molecule has 0 saturated heterocycles. The van der Waals surface area contributed by atoms with E-state index in [4.69, 9.17) is 10.5 Å². The van der Waals surface area contributed by atoms with Crippen molar-refractivity contribution >= 4 is 0 Å². The van der Waals surface area contributed by atoms with Gasteiger partial charge in [-0.1, -0.05) is 0 Å². The van der Waals surface area contributed by atoms with Crippen LogP contribution < -0.4 is 0 Å². The molecule has 0 spiro atoms. The summed E-state index contributed by atoms with van der Waals surface area (Å²) in [7, 11) is 0. The van der Waals surface area contributed by atoms with E-state index in [9.17, 15) is 0 Å². The summed E-state index contributed by atoms with van der Waals surface area (Å²) in [5.74, 6) is 0. The Labute approximate surface area is 61.5 Å². The average molecular weight is 163 g/mol. The Bertz CT molecular complexity index is 66.5. The Balaban J connectivity index is -0.0000000450. The van der Waals surface area contributed by atoms with E-state index < -0.39 is 0 Å². The minimum Gasteiger partial charge on any atom is -0.181 e. The minimum atomic E-state index is 0. The van der Waals surface area contributed by atoms with E-state index >= 15 is 0 Å². The van der Waals surface area contributed by atoms with Gasteiger partial charge in [-0.05, 0) is 0 Å². The first kappa shape index (κ1) is 16.4. The summed E-state index contributed by atoms with van der Waals surface area (Å²) >= 11 is 0. The summed E-state index contributed by atoms with van der Waals surface area (Å²) < 4.78 is 0. The topological polar surface area (TPSA) is 47.6 Å². The standard InChI is InChI=1S/C2N2.Cu.Ti/c3-1-2-4;;. The minimum absolute atomic E-state index is 0. The molecule has 6 heavy (non-hydrogen) atoms. The van der Waals surface area contributed by atoms with Crippen LogP contribution in [0.15, 0.2) is 0 Å². The van der Waals surface area contributed by atoms with Gasteiger partial charge >= 0.3 is 0 Å². The van der Waals surface area contributed by atoms with E-state index in [0.717, 1.165) is 0 Å².